The van der Waals surface area contributed by atoms with Crippen molar-refractivity contribution in [2.75, 3.05) is 5.32 Å². The minimum Gasteiger partial charge on any atom is -0.332 e. The molecular weight excluding hydrogens is 408 g/mol. The molecular formula is C24H20N4O2S. The fourth-order valence-electron chi connectivity index (χ4n) is 3.31. The van der Waals surface area contributed by atoms with E-state index in [-0.39, 0.29) is 10.7 Å². The molecule has 1 amide bonds. The second-order valence-corrected chi connectivity index (χ2v) is 7.39. The molecule has 1 heterocycles. The molecule has 0 unspecified atom stereocenters. The summed E-state index contributed by atoms with van der Waals surface area (Å²) in [5, 5.41) is 6.25. The smallest absolute Gasteiger partial charge is 0.262 e. The van der Waals surface area contributed by atoms with Gasteiger partial charge >= 0.3 is 0 Å². The van der Waals surface area contributed by atoms with Gasteiger partial charge < -0.3 is 10.6 Å². The van der Waals surface area contributed by atoms with Crippen molar-refractivity contribution in [3.8, 4) is 11.4 Å². The Balaban J connectivity index is 1.70. The van der Waals surface area contributed by atoms with Gasteiger partial charge in [0.15, 0.2) is 5.11 Å². The van der Waals surface area contributed by atoms with E-state index in [9.17, 15) is 9.59 Å². The van der Waals surface area contributed by atoms with Crippen LogP contribution in [0.1, 0.15) is 13.0 Å². The van der Waals surface area contributed by atoms with Crippen molar-refractivity contribution in [1.82, 2.24) is 14.9 Å². The third kappa shape index (κ3) is 4.36. The van der Waals surface area contributed by atoms with Crippen LogP contribution in [0.25, 0.3) is 22.3 Å². The summed E-state index contributed by atoms with van der Waals surface area (Å²) in [4.78, 5) is 31.0. The van der Waals surface area contributed by atoms with E-state index in [4.69, 9.17) is 17.2 Å². The molecule has 1 atom stereocenters. The molecule has 0 radical (unpaired) electrons. The summed E-state index contributed by atoms with van der Waals surface area (Å²) in [7, 11) is 0. The van der Waals surface area contributed by atoms with Gasteiger partial charge in [0.1, 0.15) is 11.9 Å². The summed E-state index contributed by atoms with van der Waals surface area (Å²) in [6, 6.07) is 24.9. The van der Waals surface area contributed by atoms with E-state index >= 15 is 0 Å². The van der Waals surface area contributed by atoms with Crippen LogP contribution in [-0.2, 0) is 4.79 Å². The van der Waals surface area contributed by atoms with Gasteiger partial charge in [0.05, 0.1) is 10.9 Å². The zero-order valence-corrected chi connectivity index (χ0v) is 17.6. The second-order valence-electron chi connectivity index (χ2n) is 6.98. The van der Waals surface area contributed by atoms with Crippen LogP contribution >= 0.6 is 12.2 Å². The molecule has 0 saturated heterocycles. The molecule has 6 nitrogen and oxygen atoms in total. The largest absolute Gasteiger partial charge is 0.332 e. The molecule has 0 bridgehead atoms. The Kier molecular flexibility index (Phi) is 5.86. The highest BCUT2D eigenvalue weighted by Crippen LogP contribution is 2.22. The number of nitrogens with one attached hydrogen (secondary N) is 2. The van der Waals surface area contributed by atoms with Gasteiger partial charge in [-0.15, -0.1) is 0 Å². The predicted molar refractivity (Wildman–Crippen MR) is 127 cm³/mol. The molecule has 0 aliphatic carbocycles. The molecule has 7 heteroatoms. The van der Waals surface area contributed by atoms with Crippen molar-refractivity contribution in [3.05, 3.63) is 95.3 Å². The number of hydrogen-bond acceptors (Lipinski definition) is 4. The normalized spacial score (nSPS) is 11.6. The van der Waals surface area contributed by atoms with Crippen molar-refractivity contribution >= 4 is 39.8 Å². The standard InChI is InChI=1S/C24H20N4O2S/c1-16(22(29)27-24(31)25-18-12-6-3-7-13-18)28-21(17-10-4-2-5-11-17)26-20-15-9-8-14-19(20)23(28)30/h2-16H,1H3,(H2,25,27,29,31)/t16-/m0/s1. The van der Waals surface area contributed by atoms with Gasteiger partial charge in [0, 0.05) is 11.3 Å². The zero-order valence-electron chi connectivity index (χ0n) is 16.8. The monoisotopic (exact) mass is 428 g/mol. The van der Waals surface area contributed by atoms with Crippen LogP contribution in [-0.4, -0.2) is 20.6 Å². The molecule has 0 fully saturated rings. The van der Waals surface area contributed by atoms with Crippen molar-refractivity contribution in [2.45, 2.75) is 13.0 Å². The van der Waals surface area contributed by atoms with Crippen LogP contribution in [0.5, 0.6) is 0 Å². The number of para-hydroxylation sites is 2. The molecule has 154 valence electrons. The van der Waals surface area contributed by atoms with Gasteiger partial charge in [-0.1, -0.05) is 60.7 Å². The number of thiocarbonyl (C=S) groups is 1. The van der Waals surface area contributed by atoms with Gasteiger partial charge in [-0.25, -0.2) is 4.98 Å². The lowest BCUT2D eigenvalue weighted by molar-refractivity contribution is -0.122. The number of amides is 1. The lowest BCUT2D eigenvalue weighted by atomic mass is 10.1. The molecule has 2 N–H and O–H groups in total. The van der Waals surface area contributed by atoms with Crippen molar-refractivity contribution in [1.29, 1.82) is 0 Å². The molecule has 0 saturated carbocycles. The maximum Gasteiger partial charge on any atom is 0.262 e. The Morgan fingerprint density at radius 1 is 0.935 bits per heavy atom. The SMILES string of the molecule is C[C@@H](C(=O)NC(=S)Nc1ccccc1)n1c(-c2ccccc2)nc2ccccc2c1=O. The van der Waals surface area contributed by atoms with Gasteiger partial charge in [-0.3, -0.25) is 14.2 Å². The number of aromatic nitrogens is 2. The molecule has 0 aliphatic rings. The average Bonchev–Trinajstić information content (AvgIpc) is 2.79. The van der Waals surface area contributed by atoms with Crippen LogP contribution < -0.4 is 16.2 Å². The number of nitrogens with zero attached hydrogens (tertiary/aromatic N) is 2. The van der Waals surface area contributed by atoms with E-state index < -0.39 is 11.9 Å². The number of hydrogen-bond donors (Lipinski definition) is 2. The van der Waals surface area contributed by atoms with Gasteiger partial charge in [0.25, 0.3) is 5.56 Å². The number of carbonyl (C=O) groups is 1. The first-order chi connectivity index (χ1) is 15.0. The quantitative estimate of drug-likeness (QED) is 0.478. The number of carbonyl (C=O) groups excluding carboxylic acids is 1. The Hall–Kier alpha value is -3.84. The van der Waals surface area contributed by atoms with Crippen LogP contribution in [0, 0.1) is 0 Å². The van der Waals surface area contributed by atoms with Crippen molar-refractivity contribution in [2.24, 2.45) is 0 Å². The molecule has 0 aliphatic heterocycles. The highest BCUT2D eigenvalue weighted by molar-refractivity contribution is 7.80. The van der Waals surface area contributed by atoms with E-state index in [2.05, 4.69) is 10.6 Å². The maximum atomic E-state index is 13.3. The summed E-state index contributed by atoms with van der Waals surface area (Å²) >= 11 is 5.27. The van der Waals surface area contributed by atoms with Crippen LogP contribution in [0.3, 0.4) is 0 Å². The fraction of sp³-hybridized carbons (Fsp3) is 0.0833. The molecule has 3 aromatic carbocycles. The first-order valence-electron chi connectivity index (χ1n) is 9.78. The molecule has 4 aromatic rings. The lowest BCUT2D eigenvalue weighted by Gasteiger charge is -2.20. The van der Waals surface area contributed by atoms with E-state index in [0.717, 1.165) is 11.3 Å². The van der Waals surface area contributed by atoms with Gasteiger partial charge in [0.2, 0.25) is 5.91 Å². The van der Waals surface area contributed by atoms with Crippen molar-refractivity contribution < 1.29 is 4.79 Å². The number of anilines is 1. The summed E-state index contributed by atoms with van der Waals surface area (Å²) < 4.78 is 1.41. The Bertz CT molecular complexity index is 1300. The van der Waals surface area contributed by atoms with Crippen molar-refractivity contribution in [3.63, 3.8) is 0 Å². The molecule has 4 rings (SSSR count). The Morgan fingerprint density at radius 3 is 2.26 bits per heavy atom. The van der Waals surface area contributed by atoms with E-state index in [0.29, 0.717) is 16.7 Å². The Labute approximate surface area is 184 Å². The topological polar surface area (TPSA) is 76.0 Å². The predicted octanol–water partition coefficient (Wildman–Crippen LogP) is 4.14. The molecule has 31 heavy (non-hydrogen) atoms. The highest BCUT2D eigenvalue weighted by Gasteiger charge is 2.23. The summed E-state index contributed by atoms with van der Waals surface area (Å²) in [5.74, 6) is 0.0127. The minimum absolute atomic E-state index is 0.158. The Morgan fingerprint density at radius 2 is 1.55 bits per heavy atom. The van der Waals surface area contributed by atoms with E-state index in [1.807, 2.05) is 66.7 Å². The average molecular weight is 429 g/mol. The van der Waals surface area contributed by atoms with Gasteiger partial charge in [-0.2, -0.15) is 0 Å². The number of fused-ring (bicyclic) bond motifs is 1. The molecule has 0 spiro atoms. The summed E-state index contributed by atoms with van der Waals surface area (Å²) in [6.45, 7) is 1.66. The third-order valence-corrected chi connectivity index (χ3v) is 5.08. The fourth-order valence-corrected chi connectivity index (χ4v) is 3.53. The van der Waals surface area contributed by atoms with E-state index in [1.165, 1.54) is 4.57 Å². The lowest BCUT2D eigenvalue weighted by Crippen LogP contribution is -2.41. The second kappa shape index (κ2) is 8.89. The maximum absolute atomic E-state index is 13.3. The van der Waals surface area contributed by atoms with E-state index in [1.54, 1.807) is 25.1 Å². The zero-order chi connectivity index (χ0) is 21.8. The molecule has 1 aromatic heterocycles. The summed E-state index contributed by atoms with van der Waals surface area (Å²) in [6.07, 6.45) is 0. The van der Waals surface area contributed by atoms with Gasteiger partial charge in [-0.05, 0) is 43.4 Å². The first-order valence-corrected chi connectivity index (χ1v) is 10.2. The van der Waals surface area contributed by atoms with Crippen LogP contribution in [0.15, 0.2) is 89.7 Å². The minimum atomic E-state index is -0.838. The highest BCUT2D eigenvalue weighted by atomic mass is 32.1. The number of rotatable bonds is 4. The third-order valence-electron chi connectivity index (χ3n) is 4.87. The number of benzene rings is 3. The van der Waals surface area contributed by atoms with Crippen LogP contribution in [0.2, 0.25) is 0 Å². The first kappa shape index (κ1) is 20.4. The summed E-state index contributed by atoms with van der Waals surface area (Å²) in [5.41, 5.74) is 1.80. The van der Waals surface area contributed by atoms with Crippen LogP contribution in [0.4, 0.5) is 5.69 Å².